The van der Waals surface area contributed by atoms with Crippen molar-refractivity contribution in [3.63, 3.8) is 0 Å². The zero-order chi connectivity index (χ0) is 18.9. The Hall–Kier alpha value is -2.93. The molecular formula is C20H20FN5O. The molecule has 0 radical (unpaired) electrons. The van der Waals surface area contributed by atoms with Crippen molar-refractivity contribution in [2.45, 2.75) is 18.5 Å². The zero-order valence-corrected chi connectivity index (χ0v) is 15.0. The Bertz CT molecular complexity index is 971. The van der Waals surface area contributed by atoms with Gasteiger partial charge in [0.1, 0.15) is 5.82 Å². The molecule has 3 aromatic rings. The molecule has 4 rings (SSSR count). The van der Waals surface area contributed by atoms with Crippen LogP contribution in [-0.2, 0) is 4.79 Å². The molecule has 0 spiro atoms. The van der Waals surface area contributed by atoms with E-state index in [2.05, 4.69) is 20.3 Å². The molecule has 3 heterocycles. The average molecular weight is 365 g/mol. The topological polar surface area (TPSA) is 71.0 Å². The van der Waals surface area contributed by atoms with Gasteiger partial charge in [0.25, 0.3) is 5.91 Å². The normalized spacial score (nSPS) is 17.0. The Morgan fingerprint density at radius 2 is 1.93 bits per heavy atom. The third-order valence-electron chi connectivity index (χ3n) is 5.01. The fourth-order valence-corrected chi connectivity index (χ4v) is 3.25. The number of hydrogen-bond acceptors (Lipinski definition) is 5. The first-order valence-corrected chi connectivity index (χ1v) is 8.89. The highest BCUT2D eigenvalue weighted by molar-refractivity contribution is 5.98. The molecule has 1 saturated heterocycles. The highest BCUT2D eigenvalue weighted by Gasteiger charge is 2.41. The lowest BCUT2D eigenvalue weighted by molar-refractivity contribution is -0.130. The second-order valence-electron chi connectivity index (χ2n) is 6.94. The van der Waals surface area contributed by atoms with Gasteiger partial charge in [-0.25, -0.2) is 9.37 Å². The second kappa shape index (κ2) is 7.00. The summed E-state index contributed by atoms with van der Waals surface area (Å²) in [6.07, 6.45) is 7.01. The molecule has 6 nitrogen and oxygen atoms in total. The van der Waals surface area contributed by atoms with Crippen LogP contribution in [0.2, 0.25) is 0 Å². The summed E-state index contributed by atoms with van der Waals surface area (Å²) in [6.45, 7) is 1.13. The molecule has 27 heavy (non-hydrogen) atoms. The quantitative estimate of drug-likeness (QED) is 0.772. The lowest BCUT2D eigenvalue weighted by Crippen LogP contribution is -2.47. The number of halogens is 1. The summed E-state index contributed by atoms with van der Waals surface area (Å²) in [4.78, 5) is 27.1. The fraction of sp³-hybridized carbons (Fsp3) is 0.300. The molecule has 0 atom stereocenters. The summed E-state index contributed by atoms with van der Waals surface area (Å²) < 4.78 is 14.9. The highest BCUT2D eigenvalue weighted by atomic mass is 19.1. The number of pyridine rings is 1. The number of rotatable bonds is 3. The predicted molar refractivity (Wildman–Crippen MR) is 102 cm³/mol. The molecule has 0 aliphatic carbocycles. The van der Waals surface area contributed by atoms with Crippen LogP contribution in [0.4, 0.5) is 10.2 Å². The van der Waals surface area contributed by atoms with Gasteiger partial charge in [-0.15, -0.1) is 0 Å². The van der Waals surface area contributed by atoms with Crippen LogP contribution in [0.25, 0.3) is 22.0 Å². The monoisotopic (exact) mass is 365 g/mol. The van der Waals surface area contributed by atoms with Crippen LogP contribution >= 0.6 is 0 Å². The minimum Gasteiger partial charge on any atom is -0.308 e. The molecule has 1 aromatic carbocycles. The molecule has 138 valence electrons. The molecule has 1 aliphatic rings. The number of likely N-dealkylation sites (tertiary alicyclic amines) is 1. The van der Waals surface area contributed by atoms with E-state index in [-0.39, 0.29) is 12.8 Å². The Morgan fingerprint density at radius 1 is 1.11 bits per heavy atom. The van der Waals surface area contributed by atoms with Crippen molar-refractivity contribution in [2.75, 3.05) is 25.5 Å². The van der Waals surface area contributed by atoms with Crippen LogP contribution in [0.3, 0.4) is 0 Å². The van der Waals surface area contributed by atoms with Gasteiger partial charge in [-0.2, -0.15) is 0 Å². The number of nitrogens with one attached hydrogen (secondary N) is 1. The molecule has 7 heteroatoms. The van der Waals surface area contributed by atoms with Gasteiger partial charge < -0.3 is 10.2 Å². The summed E-state index contributed by atoms with van der Waals surface area (Å²) in [5.41, 5.74) is -0.169. The van der Waals surface area contributed by atoms with Gasteiger partial charge in [-0.1, -0.05) is 12.1 Å². The predicted octanol–water partition coefficient (Wildman–Crippen LogP) is 3.06. The number of aromatic nitrogens is 3. The molecule has 1 aliphatic heterocycles. The van der Waals surface area contributed by atoms with Crippen molar-refractivity contribution < 1.29 is 9.18 Å². The fourth-order valence-electron chi connectivity index (χ4n) is 3.25. The summed E-state index contributed by atoms with van der Waals surface area (Å²) in [5.74, 6) is -0.271. The van der Waals surface area contributed by atoms with Gasteiger partial charge in [-0.3, -0.25) is 14.8 Å². The summed E-state index contributed by atoms with van der Waals surface area (Å²) in [5, 5.41) is 4.46. The minimum atomic E-state index is -1.84. The molecule has 1 N–H and O–H groups in total. The van der Waals surface area contributed by atoms with Crippen LogP contribution in [0.15, 0.2) is 49.1 Å². The standard InChI is InChI=1S/C20H20FN5O/c1-26-8-4-20(21,5-9-26)19(27)25-18-11-16-10-14(2-3-15(16)12-24-18)17-13-22-6-7-23-17/h2-3,6-7,10-13H,4-5,8-9H2,1H3,(H,24,25,27). The number of hydrogen-bond donors (Lipinski definition) is 1. The third-order valence-corrected chi connectivity index (χ3v) is 5.01. The van der Waals surface area contributed by atoms with Crippen LogP contribution in [-0.4, -0.2) is 51.6 Å². The van der Waals surface area contributed by atoms with E-state index in [9.17, 15) is 9.18 Å². The molecule has 1 amide bonds. The maximum atomic E-state index is 14.9. The number of fused-ring (bicyclic) bond motifs is 1. The van der Waals surface area contributed by atoms with E-state index in [1.165, 1.54) is 0 Å². The Kier molecular flexibility index (Phi) is 4.53. The van der Waals surface area contributed by atoms with Crippen LogP contribution in [0.1, 0.15) is 12.8 Å². The van der Waals surface area contributed by atoms with Crippen LogP contribution in [0, 0.1) is 0 Å². The maximum absolute atomic E-state index is 14.9. The van der Waals surface area contributed by atoms with Gasteiger partial charge in [0.15, 0.2) is 5.67 Å². The van der Waals surface area contributed by atoms with E-state index in [1.807, 2.05) is 30.1 Å². The Morgan fingerprint density at radius 3 is 2.67 bits per heavy atom. The second-order valence-corrected chi connectivity index (χ2v) is 6.94. The van der Waals surface area contributed by atoms with E-state index in [1.54, 1.807) is 30.9 Å². The van der Waals surface area contributed by atoms with Crippen LogP contribution in [0.5, 0.6) is 0 Å². The van der Waals surface area contributed by atoms with Crippen molar-refractivity contribution in [1.29, 1.82) is 0 Å². The van der Waals surface area contributed by atoms with E-state index in [0.717, 1.165) is 22.0 Å². The first kappa shape index (κ1) is 17.5. The van der Waals surface area contributed by atoms with Gasteiger partial charge in [0.2, 0.25) is 0 Å². The number of carbonyl (C=O) groups is 1. The van der Waals surface area contributed by atoms with E-state index < -0.39 is 11.6 Å². The number of anilines is 1. The minimum absolute atomic E-state index is 0.194. The first-order chi connectivity index (χ1) is 13.0. The average Bonchev–Trinajstić information content (AvgIpc) is 2.70. The maximum Gasteiger partial charge on any atom is 0.263 e. The highest BCUT2D eigenvalue weighted by Crippen LogP contribution is 2.28. The number of amides is 1. The summed E-state index contributed by atoms with van der Waals surface area (Å²) >= 11 is 0. The van der Waals surface area contributed by atoms with Crippen molar-refractivity contribution >= 4 is 22.5 Å². The van der Waals surface area contributed by atoms with E-state index in [4.69, 9.17) is 0 Å². The molecule has 0 unspecified atom stereocenters. The lowest BCUT2D eigenvalue weighted by atomic mass is 9.92. The molecule has 2 aromatic heterocycles. The third kappa shape index (κ3) is 3.64. The molecule has 0 bridgehead atoms. The van der Waals surface area contributed by atoms with Crippen molar-refractivity contribution in [3.8, 4) is 11.3 Å². The summed E-state index contributed by atoms with van der Waals surface area (Å²) in [7, 11) is 1.93. The van der Waals surface area contributed by atoms with Gasteiger partial charge in [0, 0.05) is 55.5 Å². The van der Waals surface area contributed by atoms with Crippen LogP contribution < -0.4 is 5.32 Å². The van der Waals surface area contributed by atoms with E-state index >= 15 is 0 Å². The number of carbonyl (C=O) groups excluding carboxylic acids is 1. The lowest BCUT2D eigenvalue weighted by Gasteiger charge is -2.33. The van der Waals surface area contributed by atoms with Gasteiger partial charge >= 0.3 is 0 Å². The largest absolute Gasteiger partial charge is 0.308 e. The smallest absolute Gasteiger partial charge is 0.263 e. The molecular weight excluding hydrogens is 345 g/mol. The van der Waals surface area contributed by atoms with Gasteiger partial charge in [0.05, 0.1) is 11.9 Å². The Labute approximate surface area is 156 Å². The number of nitrogens with zero attached hydrogens (tertiary/aromatic N) is 4. The van der Waals surface area contributed by atoms with Crippen molar-refractivity contribution in [1.82, 2.24) is 19.9 Å². The number of benzene rings is 1. The van der Waals surface area contributed by atoms with Crippen molar-refractivity contribution in [2.24, 2.45) is 0 Å². The van der Waals surface area contributed by atoms with Crippen molar-refractivity contribution in [3.05, 3.63) is 49.1 Å². The number of piperidine rings is 1. The number of alkyl halides is 1. The molecule has 0 saturated carbocycles. The summed E-state index contributed by atoms with van der Waals surface area (Å²) in [6, 6.07) is 7.59. The first-order valence-electron chi connectivity index (χ1n) is 8.89. The SMILES string of the molecule is CN1CCC(F)(C(=O)Nc2cc3cc(-c4cnccn4)ccc3cn2)CC1. The molecule has 1 fully saturated rings. The zero-order valence-electron chi connectivity index (χ0n) is 15.0. The van der Waals surface area contributed by atoms with E-state index in [0.29, 0.717) is 18.9 Å². The van der Waals surface area contributed by atoms with Gasteiger partial charge in [-0.05, 0) is 24.6 Å². The Balaban J connectivity index is 1.58.